The van der Waals surface area contributed by atoms with Crippen LogP contribution in [0.15, 0.2) is 54.6 Å². The molecule has 25 heavy (non-hydrogen) atoms. The maximum Gasteiger partial charge on any atom is 0.227 e. The first kappa shape index (κ1) is 16.2. The van der Waals surface area contributed by atoms with Gasteiger partial charge in [0.05, 0.1) is 5.92 Å². The Bertz CT molecular complexity index is 732. The van der Waals surface area contributed by atoms with Gasteiger partial charge >= 0.3 is 0 Å². The summed E-state index contributed by atoms with van der Waals surface area (Å²) >= 11 is 0. The maximum atomic E-state index is 12.6. The van der Waals surface area contributed by atoms with Crippen molar-refractivity contribution in [3.63, 3.8) is 0 Å². The molecule has 2 aromatic rings. The van der Waals surface area contributed by atoms with Crippen molar-refractivity contribution in [2.24, 2.45) is 5.92 Å². The number of benzene rings is 2. The molecule has 0 spiro atoms. The second-order valence-corrected chi connectivity index (χ2v) is 7.03. The normalized spacial score (nSPS) is 22.9. The van der Waals surface area contributed by atoms with Crippen molar-refractivity contribution in [3.05, 3.63) is 65.7 Å². The second-order valence-electron chi connectivity index (χ2n) is 7.03. The van der Waals surface area contributed by atoms with Crippen LogP contribution < -0.4 is 10.1 Å². The van der Waals surface area contributed by atoms with Crippen molar-refractivity contribution in [3.8, 4) is 5.75 Å². The summed E-state index contributed by atoms with van der Waals surface area (Å²) in [6, 6.07) is 18.7. The molecule has 4 nitrogen and oxygen atoms in total. The van der Waals surface area contributed by atoms with Gasteiger partial charge in [0.1, 0.15) is 12.4 Å². The molecular formula is C21H24N2O2. The molecule has 0 aromatic heterocycles. The van der Waals surface area contributed by atoms with Crippen LogP contribution >= 0.6 is 0 Å². The molecule has 1 saturated heterocycles. The van der Waals surface area contributed by atoms with Crippen molar-refractivity contribution in [2.75, 3.05) is 19.7 Å². The number of fused-ring (bicyclic) bond motifs is 1. The molecular weight excluding hydrogens is 312 g/mol. The van der Waals surface area contributed by atoms with E-state index < -0.39 is 0 Å². The Balaban J connectivity index is 1.29. The molecule has 2 atom stereocenters. The molecule has 2 aromatic carbocycles. The Hall–Kier alpha value is -2.33. The molecule has 4 heteroatoms. The van der Waals surface area contributed by atoms with Gasteiger partial charge in [0.25, 0.3) is 0 Å². The fraction of sp³-hybridized carbons (Fsp3) is 0.381. The minimum atomic E-state index is -0.0851. The van der Waals surface area contributed by atoms with Gasteiger partial charge in [0, 0.05) is 25.7 Å². The SMILES string of the molecule is O=C(NC1CCN(Cc2ccccc2)C1)C1COc2ccccc2C1. The van der Waals surface area contributed by atoms with Gasteiger partial charge in [-0.2, -0.15) is 0 Å². The van der Waals surface area contributed by atoms with Gasteiger partial charge < -0.3 is 10.1 Å². The summed E-state index contributed by atoms with van der Waals surface area (Å²) in [5, 5.41) is 3.23. The monoisotopic (exact) mass is 336 g/mol. The average Bonchev–Trinajstić information content (AvgIpc) is 3.09. The van der Waals surface area contributed by atoms with E-state index in [0.717, 1.165) is 43.8 Å². The van der Waals surface area contributed by atoms with E-state index >= 15 is 0 Å². The fourth-order valence-electron chi connectivity index (χ4n) is 3.75. The molecule has 1 amide bonds. The Morgan fingerprint density at radius 2 is 1.92 bits per heavy atom. The Morgan fingerprint density at radius 1 is 1.12 bits per heavy atom. The summed E-state index contributed by atoms with van der Waals surface area (Å²) in [5.74, 6) is 0.959. The lowest BCUT2D eigenvalue weighted by atomic mass is 9.96. The predicted octanol–water partition coefficient (Wildman–Crippen LogP) is 2.63. The molecule has 0 bridgehead atoms. The predicted molar refractivity (Wildman–Crippen MR) is 97.4 cm³/mol. The molecule has 2 unspecified atom stereocenters. The third-order valence-corrected chi connectivity index (χ3v) is 5.12. The number of carbonyl (C=O) groups excluding carboxylic acids is 1. The van der Waals surface area contributed by atoms with Gasteiger partial charge in [-0.1, -0.05) is 48.5 Å². The van der Waals surface area contributed by atoms with E-state index in [-0.39, 0.29) is 17.9 Å². The van der Waals surface area contributed by atoms with E-state index in [1.807, 2.05) is 30.3 Å². The molecule has 4 rings (SSSR count). The number of hydrogen-bond acceptors (Lipinski definition) is 3. The fourth-order valence-corrected chi connectivity index (χ4v) is 3.75. The number of hydrogen-bond donors (Lipinski definition) is 1. The van der Waals surface area contributed by atoms with E-state index in [9.17, 15) is 4.79 Å². The van der Waals surface area contributed by atoms with E-state index in [2.05, 4.69) is 34.5 Å². The molecule has 2 heterocycles. The van der Waals surface area contributed by atoms with Crippen molar-refractivity contribution >= 4 is 5.91 Å². The molecule has 2 aliphatic heterocycles. The largest absolute Gasteiger partial charge is 0.492 e. The zero-order valence-corrected chi connectivity index (χ0v) is 14.4. The van der Waals surface area contributed by atoms with Crippen LogP contribution in [0.4, 0.5) is 0 Å². The third kappa shape index (κ3) is 3.85. The maximum absolute atomic E-state index is 12.6. The number of rotatable bonds is 4. The van der Waals surface area contributed by atoms with E-state index in [1.165, 1.54) is 5.56 Å². The lowest BCUT2D eigenvalue weighted by Crippen LogP contribution is -2.43. The number of ether oxygens (including phenoxy) is 1. The smallest absolute Gasteiger partial charge is 0.227 e. The standard InChI is InChI=1S/C21H24N2O2/c24-21(18-12-17-8-4-5-9-20(17)25-15-18)22-19-10-11-23(14-19)13-16-6-2-1-3-7-16/h1-9,18-19H,10-15H2,(H,22,24). The summed E-state index contributed by atoms with van der Waals surface area (Å²) in [4.78, 5) is 15.0. The molecule has 2 aliphatic rings. The van der Waals surface area contributed by atoms with Crippen LogP contribution in [0.25, 0.3) is 0 Å². The van der Waals surface area contributed by atoms with Crippen LogP contribution in [-0.2, 0) is 17.8 Å². The van der Waals surface area contributed by atoms with E-state index in [4.69, 9.17) is 4.74 Å². The Kier molecular flexibility index (Phi) is 4.70. The minimum absolute atomic E-state index is 0.0851. The topological polar surface area (TPSA) is 41.6 Å². The highest BCUT2D eigenvalue weighted by Gasteiger charge is 2.29. The van der Waals surface area contributed by atoms with E-state index in [1.54, 1.807) is 0 Å². The van der Waals surface area contributed by atoms with Gasteiger partial charge in [-0.3, -0.25) is 9.69 Å². The van der Waals surface area contributed by atoms with Gasteiger partial charge in [-0.25, -0.2) is 0 Å². The number of amides is 1. The number of carbonyl (C=O) groups is 1. The number of nitrogens with one attached hydrogen (secondary N) is 1. The van der Waals surface area contributed by atoms with Crippen molar-refractivity contribution in [1.29, 1.82) is 0 Å². The van der Waals surface area contributed by atoms with Crippen LogP contribution in [0, 0.1) is 5.92 Å². The van der Waals surface area contributed by atoms with Gasteiger partial charge in [0.15, 0.2) is 0 Å². The zero-order chi connectivity index (χ0) is 17.1. The summed E-state index contributed by atoms with van der Waals surface area (Å²) in [6.07, 6.45) is 1.78. The Labute approximate surface area is 148 Å². The van der Waals surface area contributed by atoms with Gasteiger partial charge in [-0.15, -0.1) is 0 Å². The summed E-state index contributed by atoms with van der Waals surface area (Å²) < 4.78 is 5.75. The van der Waals surface area contributed by atoms with E-state index in [0.29, 0.717) is 6.61 Å². The van der Waals surface area contributed by atoms with Crippen LogP contribution in [0.1, 0.15) is 17.5 Å². The quantitative estimate of drug-likeness (QED) is 0.933. The Morgan fingerprint density at radius 3 is 2.80 bits per heavy atom. The molecule has 1 N–H and O–H groups in total. The van der Waals surface area contributed by atoms with Crippen LogP contribution in [0.5, 0.6) is 5.75 Å². The highest BCUT2D eigenvalue weighted by atomic mass is 16.5. The van der Waals surface area contributed by atoms with Crippen LogP contribution in [0.3, 0.4) is 0 Å². The first-order valence-corrected chi connectivity index (χ1v) is 9.05. The first-order chi connectivity index (χ1) is 12.3. The molecule has 130 valence electrons. The molecule has 0 aliphatic carbocycles. The highest BCUT2D eigenvalue weighted by molar-refractivity contribution is 5.80. The lowest BCUT2D eigenvalue weighted by molar-refractivity contribution is -0.126. The van der Waals surface area contributed by atoms with Crippen molar-refractivity contribution < 1.29 is 9.53 Å². The highest BCUT2D eigenvalue weighted by Crippen LogP contribution is 2.27. The average molecular weight is 336 g/mol. The van der Waals surface area contributed by atoms with Crippen molar-refractivity contribution in [1.82, 2.24) is 10.2 Å². The number of para-hydroxylation sites is 1. The van der Waals surface area contributed by atoms with Gasteiger partial charge in [-0.05, 0) is 30.0 Å². The molecule has 1 fully saturated rings. The first-order valence-electron chi connectivity index (χ1n) is 9.05. The minimum Gasteiger partial charge on any atom is -0.492 e. The number of nitrogens with zero attached hydrogens (tertiary/aromatic N) is 1. The van der Waals surface area contributed by atoms with Gasteiger partial charge in [0.2, 0.25) is 5.91 Å². The summed E-state index contributed by atoms with van der Waals surface area (Å²) in [5.41, 5.74) is 2.46. The summed E-state index contributed by atoms with van der Waals surface area (Å²) in [7, 11) is 0. The molecule has 0 saturated carbocycles. The lowest BCUT2D eigenvalue weighted by Gasteiger charge is -2.26. The second kappa shape index (κ2) is 7.28. The zero-order valence-electron chi connectivity index (χ0n) is 14.4. The summed E-state index contributed by atoms with van der Waals surface area (Å²) in [6.45, 7) is 3.38. The van der Waals surface area contributed by atoms with Crippen molar-refractivity contribution in [2.45, 2.75) is 25.4 Å². The molecule has 0 radical (unpaired) electrons. The van der Waals surface area contributed by atoms with Crippen LogP contribution in [-0.4, -0.2) is 36.5 Å². The third-order valence-electron chi connectivity index (χ3n) is 5.12. The van der Waals surface area contributed by atoms with Crippen LogP contribution in [0.2, 0.25) is 0 Å². The number of likely N-dealkylation sites (tertiary alicyclic amines) is 1.